The molecule has 0 aliphatic carbocycles. The van der Waals surface area contributed by atoms with Crippen molar-refractivity contribution in [3.05, 3.63) is 47.8 Å². The van der Waals surface area contributed by atoms with Crippen LogP contribution in [0.4, 0.5) is 0 Å². The quantitative estimate of drug-likeness (QED) is 0.638. The number of hydrogen-bond donors (Lipinski definition) is 0. The number of benzene rings is 1. The maximum absolute atomic E-state index is 12.0. The number of rotatable bonds is 3. The summed E-state index contributed by atoms with van der Waals surface area (Å²) < 4.78 is 27.6. The van der Waals surface area contributed by atoms with Gasteiger partial charge in [0.1, 0.15) is 4.90 Å². The Hall–Kier alpha value is -1.38. The van der Waals surface area contributed by atoms with Crippen LogP contribution in [0.5, 0.6) is 0 Å². The molecule has 3 rings (SSSR count). The van der Waals surface area contributed by atoms with E-state index in [0.717, 1.165) is 11.3 Å². The fourth-order valence-corrected chi connectivity index (χ4v) is 4.88. The summed E-state index contributed by atoms with van der Waals surface area (Å²) in [6.07, 6.45) is 3.87. The lowest BCUT2D eigenvalue weighted by Crippen LogP contribution is -1.99. The van der Waals surface area contributed by atoms with Crippen molar-refractivity contribution in [1.29, 1.82) is 0 Å². The molecule has 0 saturated heterocycles. The van der Waals surface area contributed by atoms with Gasteiger partial charge in [0, 0.05) is 16.9 Å². The predicted octanol–water partition coefficient (Wildman–Crippen LogP) is 2.54. The minimum atomic E-state index is -3.72. The first-order chi connectivity index (χ1) is 9.65. The molecule has 20 heavy (non-hydrogen) atoms. The van der Waals surface area contributed by atoms with Crippen molar-refractivity contribution in [1.82, 2.24) is 10.2 Å². The molecular formula is C12H9N3O2S3. The fourth-order valence-electron chi connectivity index (χ4n) is 1.65. The molecule has 0 spiro atoms. The minimum Gasteiger partial charge on any atom is -0.199 e. The first-order valence-electron chi connectivity index (χ1n) is 5.65. The second-order valence-corrected chi connectivity index (χ2v) is 7.97. The topological polar surface area (TPSA) is 72.3 Å². The van der Waals surface area contributed by atoms with E-state index in [1.165, 1.54) is 35.1 Å². The highest BCUT2D eigenvalue weighted by Gasteiger charge is 2.13. The summed E-state index contributed by atoms with van der Waals surface area (Å²) >= 11 is 0. The van der Waals surface area contributed by atoms with E-state index >= 15 is 0 Å². The number of aromatic nitrogens is 2. The molecule has 1 aromatic heterocycles. The van der Waals surface area contributed by atoms with E-state index in [1.807, 2.05) is 18.2 Å². The molecule has 0 atom stereocenters. The van der Waals surface area contributed by atoms with Gasteiger partial charge in [-0.25, -0.2) is 0 Å². The zero-order valence-corrected chi connectivity index (χ0v) is 12.6. The van der Waals surface area contributed by atoms with Crippen LogP contribution in [-0.4, -0.2) is 24.8 Å². The molecule has 2 aromatic rings. The summed E-state index contributed by atoms with van der Waals surface area (Å²) in [6, 6.07) is 7.19. The van der Waals surface area contributed by atoms with E-state index in [4.69, 9.17) is 0 Å². The number of fused-ring (bicyclic) bond motifs is 1. The van der Waals surface area contributed by atoms with Crippen molar-refractivity contribution >= 4 is 37.8 Å². The minimum absolute atomic E-state index is 0.0380. The Labute approximate surface area is 124 Å². The van der Waals surface area contributed by atoms with Gasteiger partial charge in [-0.2, -0.15) is 23.0 Å². The molecule has 1 aliphatic rings. The van der Waals surface area contributed by atoms with Crippen LogP contribution in [0, 0.1) is 0 Å². The molecule has 102 valence electrons. The summed E-state index contributed by atoms with van der Waals surface area (Å²) in [7, 11) is -0.209. The van der Waals surface area contributed by atoms with Gasteiger partial charge in [-0.1, -0.05) is 27.7 Å². The van der Waals surface area contributed by atoms with E-state index in [9.17, 15) is 8.42 Å². The second-order valence-electron chi connectivity index (χ2n) is 4.00. The smallest absolute Gasteiger partial charge is 0.199 e. The standard InChI is InChI=1S/C12H9N3O2S3/c16-20(17,11-3-4-13-14-7-11)15-6-9-1-2-12-10(5-9)8-18-19-12/h1-7H,8H2. The van der Waals surface area contributed by atoms with E-state index in [-0.39, 0.29) is 4.90 Å². The highest BCUT2D eigenvalue weighted by atomic mass is 33.1. The third-order valence-electron chi connectivity index (χ3n) is 2.64. The highest BCUT2D eigenvalue weighted by molar-refractivity contribution is 8.76. The largest absolute Gasteiger partial charge is 0.283 e. The Morgan fingerprint density at radius 1 is 1.25 bits per heavy atom. The van der Waals surface area contributed by atoms with Crippen LogP contribution >= 0.6 is 21.6 Å². The van der Waals surface area contributed by atoms with Gasteiger partial charge in [0.2, 0.25) is 0 Å². The third-order valence-corrected chi connectivity index (χ3v) is 6.23. The molecule has 0 N–H and O–H groups in total. The van der Waals surface area contributed by atoms with Crippen molar-refractivity contribution in [3.63, 3.8) is 0 Å². The number of hydrogen-bond acceptors (Lipinski definition) is 6. The van der Waals surface area contributed by atoms with Gasteiger partial charge in [0.05, 0.1) is 12.4 Å². The lowest BCUT2D eigenvalue weighted by molar-refractivity contribution is 0.597. The molecule has 0 saturated carbocycles. The van der Waals surface area contributed by atoms with Gasteiger partial charge in [-0.05, 0) is 29.3 Å². The molecule has 1 aliphatic heterocycles. The van der Waals surface area contributed by atoms with Gasteiger partial charge in [-0.15, -0.1) is 0 Å². The molecular weight excluding hydrogens is 314 g/mol. The molecule has 0 amide bonds. The van der Waals surface area contributed by atoms with Crippen molar-refractivity contribution in [2.75, 3.05) is 0 Å². The summed E-state index contributed by atoms with van der Waals surface area (Å²) in [5, 5.41) is 7.09. The van der Waals surface area contributed by atoms with Crippen LogP contribution < -0.4 is 0 Å². The van der Waals surface area contributed by atoms with Gasteiger partial charge in [0.25, 0.3) is 10.0 Å². The van der Waals surface area contributed by atoms with Crippen LogP contribution in [0.3, 0.4) is 0 Å². The highest BCUT2D eigenvalue weighted by Crippen LogP contribution is 2.44. The maximum Gasteiger partial charge on any atom is 0.283 e. The average Bonchev–Trinajstić information content (AvgIpc) is 2.94. The Kier molecular flexibility index (Phi) is 3.77. The van der Waals surface area contributed by atoms with Gasteiger partial charge in [0.15, 0.2) is 0 Å². The summed E-state index contributed by atoms with van der Waals surface area (Å²) in [4.78, 5) is 1.27. The molecule has 2 heterocycles. The zero-order chi connectivity index (χ0) is 14.0. The van der Waals surface area contributed by atoms with Crippen LogP contribution in [0.2, 0.25) is 0 Å². The fraction of sp³-hybridized carbons (Fsp3) is 0.0833. The molecule has 8 heteroatoms. The normalized spacial score (nSPS) is 14.6. The van der Waals surface area contributed by atoms with Gasteiger partial charge < -0.3 is 0 Å². The van der Waals surface area contributed by atoms with E-state index in [2.05, 4.69) is 14.6 Å². The van der Waals surface area contributed by atoms with Crippen molar-refractivity contribution in [2.45, 2.75) is 15.5 Å². The average molecular weight is 323 g/mol. The van der Waals surface area contributed by atoms with E-state index in [1.54, 1.807) is 21.6 Å². The molecule has 0 unspecified atom stereocenters. The third kappa shape index (κ3) is 2.87. The van der Waals surface area contributed by atoms with Crippen LogP contribution in [0.15, 0.2) is 50.8 Å². The molecule has 1 aromatic carbocycles. The second kappa shape index (κ2) is 5.55. The predicted molar refractivity (Wildman–Crippen MR) is 80.4 cm³/mol. The zero-order valence-electron chi connectivity index (χ0n) is 10.1. The van der Waals surface area contributed by atoms with Crippen LogP contribution in [0.1, 0.15) is 11.1 Å². The summed E-state index contributed by atoms with van der Waals surface area (Å²) in [5.41, 5.74) is 1.99. The first kappa shape index (κ1) is 13.6. The summed E-state index contributed by atoms with van der Waals surface area (Å²) in [5.74, 6) is 0.933. The Morgan fingerprint density at radius 3 is 2.95 bits per heavy atom. The Bertz CT molecular complexity index is 761. The van der Waals surface area contributed by atoms with Crippen LogP contribution in [0.25, 0.3) is 0 Å². The van der Waals surface area contributed by atoms with Crippen LogP contribution in [-0.2, 0) is 15.8 Å². The van der Waals surface area contributed by atoms with Crippen molar-refractivity contribution in [3.8, 4) is 0 Å². The molecule has 0 fully saturated rings. The molecule has 5 nitrogen and oxygen atoms in total. The Balaban J connectivity index is 1.87. The SMILES string of the molecule is O=S(=O)(N=Cc1ccc2c(c1)CSS2)c1ccnnc1. The lowest BCUT2D eigenvalue weighted by Gasteiger charge is -1.99. The maximum atomic E-state index is 12.0. The Morgan fingerprint density at radius 2 is 2.15 bits per heavy atom. The molecule has 0 radical (unpaired) electrons. The molecule has 0 bridgehead atoms. The monoisotopic (exact) mass is 323 g/mol. The lowest BCUT2D eigenvalue weighted by atomic mass is 10.1. The van der Waals surface area contributed by atoms with Gasteiger partial charge >= 0.3 is 0 Å². The van der Waals surface area contributed by atoms with E-state index in [0.29, 0.717) is 0 Å². The number of sulfonamides is 1. The van der Waals surface area contributed by atoms with Gasteiger partial charge in [-0.3, -0.25) is 0 Å². The first-order valence-corrected chi connectivity index (χ1v) is 9.40. The van der Waals surface area contributed by atoms with E-state index < -0.39 is 10.0 Å². The van der Waals surface area contributed by atoms with Crippen molar-refractivity contribution < 1.29 is 8.42 Å². The number of nitrogens with zero attached hydrogens (tertiary/aromatic N) is 3. The summed E-state index contributed by atoms with van der Waals surface area (Å²) in [6.45, 7) is 0. The van der Waals surface area contributed by atoms with Crippen molar-refractivity contribution in [2.24, 2.45) is 4.40 Å².